The molecule has 5 nitrogen and oxygen atoms in total. The van der Waals surface area contributed by atoms with Crippen molar-refractivity contribution in [2.24, 2.45) is 0 Å². The van der Waals surface area contributed by atoms with Gasteiger partial charge in [-0.05, 0) is 23.1 Å². The summed E-state index contributed by atoms with van der Waals surface area (Å²) in [4.78, 5) is 0. The smallest absolute Gasteiger partial charge is 0.147 e. The minimum Gasteiger partial charge on any atom is -0.229 e. The quantitative estimate of drug-likeness (QED) is 0.868. The molecule has 0 amide bonds. The summed E-state index contributed by atoms with van der Waals surface area (Å²) in [5.41, 5.74) is 2.89. The zero-order valence-corrected chi connectivity index (χ0v) is 13.7. The third kappa shape index (κ3) is 4.39. The molecule has 114 valence electrons. The molecule has 21 heavy (non-hydrogen) atoms. The van der Waals surface area contributed by atoms with Crippen molar-refractivity contribution in [3.8, 4) is 5.69 Å². The second kappa shape index (κ2) is 5.60. The van der Waals surface area contributed by atoms with E-state index in [0.29, 0.717) is 12.1 Å². The molecule has 0 aliphatic heterocycles. The second-order valence-corrected chi connectivity index (χ2v) is 8.59. The summed E-state index contributed by atoms with van der Waals surface area (Å²) in [6, 6.07) is 8.12. The van der Waals surface area contributed by atoms with E-state index < -0.39 is 9.84 Å². The van der Waals surface area contributed by atoms with Crippen molar-refractivity contribution in [1.29, 1.82) is 0 Å². The first-order valence-electron chi connectivity index (χ1n) is 6.85. The summed E-state index contributed by atoms with van der Waals surface area (Å²) in [6.45, 7) is 6.47. The van der Waals surface area contributed by atoms with Gasteiger partial charge in [0.05, 0.1) is 23.3 Å². The van der Waals surface area contributed by atoms with Crippen molar-refractivity contribution in [3.63, 3.8) is 0 Å². The predicted molar refractivity (Wildman–Crippen MR) is 83.5 cm³/mol. The molecule has 0 N–H and O–H groups in total. The van der Waals surface area contributed by atoms with Gasteiger partial charge in [-0.2, -0.15) is 0 Å². The van der Waals surface area contributed by atoms with Gasteiger partial charge in [-0.15, -0.1) is 5.10 Å². The van der Waals surface area contributed by atoms with Gasteiger partial charge in [0.15, 0.2) is 0 Å². The molecule has 0 bridgehead atoms. The van der Waals surface area contributed by atoms with Gasteiger partial charge in [0.2, 0.25) is 0 Å². The van der Waals surface area contributed by atoms with Crippen LogP contribution in [0.4, 0.5) is 0 Å². The van der Waals surface area contributed by atoms with Crippen LogP contribution in [0.5, 0.6) is 0 Å². The van der Waals surface area contributed by atoms with Crippen LogP contribution in [0.3, 0.4) is 0 Å². The lowest BCUT2D eigenvalue weighted by Crippen LogP contribution is -2.11. The molecule has 0 fully saturated rings. The van der Waals surface area contributed by atoms with Crippen molar-refractivity contribution in [2.75, 3.05) is 12.0 Å². The van der Waals surface area contributed by atoms with Gasteiger partial charge >= 0.3 is 0 Å². The molecule has 0 aliphatic rings. The molecule has 2 rings (SSSR count). The van der Waals surface area contributed by atoms with Crippen LogP contribution < -0.4 is 0 Å². The molecule has 0 aliphatic carbocycles. The Balaban J connectivity index is 2.22. The van der Waals surface area contributed by atoms with Crippen molar-refractivity contribution in [2.45, 2.75) is 32.6 Å². The lowest BCUT2D eigenvalue weighted by molar-refractivity contribution is 0.589. The normalized spacial score (nSPS) is 12.6. The monoisotopic (exact) mass is 307 g/mol. The highest BCUT2D eigenvalue weighted by Gasteiger charge is 2.14. The van der Waals surface area contributed by atoms with Crippen LogP contribution in [-0.4, -0.2) is 35.4 Å². The lowest BCUT2D eigenvalue weighted by Gasteiger charge is -2.19. The van der Waals surface area contributed by atoms with E-state index in [4.69, 9.17) is 0 Å². The number of benzene rings is 1. The van der Waals surface area contributed by atoms with Gasteiger partial charge in [-0.25, -0.2) is 13.1 Å². The number of nitrogens with zero attached hydrogens (tertiary/aromatic N) is 3. The highest BCUT2D eigenvalue weighted by atomic mass is 32.2. The third-order valence-corrected chi connectivity index (χ3v) is 4.19. The van der Waals surface area contributed by atoms with E-state index in [1.165, 1.54) is 11.8 Å². The maximum Gasteiger partial charge on any atom is 0.147 e. The van der Waals surface area contributed by atoms with E-state index in [2.05, 4.69) is 43.2 Å². The lowest BCUT2D eigenvalue weighted by atomic mass is 9.87. The van der Waals surface area contributed by atoms with Crippen LogP contribution in [0.25, 0.3) is 5.69 Å². The number of aryl methyl sites for hydroxylation is 1. The Bertz CT molecular complexity index is 727. The third-order valence-electron chi connectivity index (χ3n) is 3.25. The van der Waals surface area contributed by atoms with Crippen molar-refractivity contribution >= 4 is 9.84 Å². The fourth-order valence-electron chi connectivity index (χ4n) is 1.94. The van der Waals surface area contributed by atoms with Crippen LogP contribution in [0.1, 0.15) is 32.0 Å². The Kier molecular flexibility index (Phi) is 4.18. The average molecular weight is 307 g/mol. The summed E-state index contributed by atoms with van der Waals surface area (Å²) in [6.07, 6.45) is 3.40. The number of aromatic nitrogens is 3. The molecule has 1 heterocycles. The Labute approximate surface area is 125 Å². The maximum absolute atomic E-state index is 11.2. The van der Waals surface area contributed by atoms with E-state index >= 15 is 0 Å². The van der Waals surface area contributed by atoms with Gasteiger partial charge in [0.25, 0.3) is 0 Å². The SMILES string of the molecule is CC(C)(C)c1cccc(-n2cc(CCS(C)(=O)=O)nn2)c1. The number of hydrogen-bond acceptors (Lipinski definition) is 4. The molecule has 2 aromatic rings. The maximum atomic E-state index is 11.2. The molecule has 0 atom stereocenters. The molecule has 6 heteroatoms. The molecule has 0 radical (unpaired) electrons. The van der Waals surface area contributed by atoms with E-state index in [9.17, 15) is 8.42 Å². The molecule has 1 aromatic heterocycles. The molecule has 0 spiro atoms. The predicted octanol–water partition coefficient (Wildman–Crippen LogP) is 2.15. The Morgan fingerprint density at radius 3 is 2.57 bits per heavy atom. The van der Waals surface area contributed by atoms with Gasteiger partial charge in [-0.3, -0.25) is 0 Å². The van der Waals surface area contributed by atoms with Crippen molar-refractivity contribution in [3.05, 3.63) is 41.7 Å². The van der Waals surface area contributed by atoms with Crippen molar-refractivity contribution < 1.29 is 8.42 Å². The van der Waals surface area contributed by atoms with Gasteiger partial charge < -0.3 is 0 Å². The fourth-order valence-corrected chi connectivity index (χ4v) is 2.52. The van der Waals surface area contributed by atoms with Gasteiger partial charge in [-0.1, -0.05) is 38.1 Å². The van der Waals surface area contributed by atoms with Crippen LogP contribution in [0.15, 0.2) is 30.5 Å². The summed E-state index contributed by atoms with van der Waals surface area (Å²) < 4.78 is 24.1. The first-order chi connectivity index (χ1) is 9.65. The highest BCUT2D eigenvalue weighted by Crippen LogP contribution is 2.23. The van der Waals surface area contributed by atoms with Crippen LogP contribution in [0, 0.1) is 0 Å². The highest BCUT2D eigenvalue weighted by molar-refractivity contribution is 7.90. The second-order valence-electron chi connectivity index (χ2n) is 6.33. The van der Waals surface area contributed by atoms with E-state index in [1.54, 1.807) is 10.9 Å². The minimum atomic E-state index is -2.98. The first kappa shape index (κ1) is 15.7. The zero-order chi connectivity index (χ0) is 15.7. The summed E-state index contributed by atoms with van der Waals surface area (Å²) in [5.74, 6) is 0.0910. The summed E-state index contributed by atoms with van der Waals surface area (Å²) in [5, 5.41) is 8.12. The summed E-state index contributed by atoms with van der Waals surface area (Å²) >= 11 is 0. The molecule has 0 saturated carbocycles. The van der Waals surface area contributed by atoms with Gasteiger partial charge in [0.1, 0.15) is 9.84 Å². The van der Waals surface area contributed by atoms with E-state index in [1.807, 2.05) is 12.1 Å². The largest absolute Gasteiger partial charge is 0.229 e. The average Bonchev–Trinajstić information content (AvgIpc) is 2.83. The Hall–Kier alpha value is -1.69. The van der Waals surface area contributed by atoms with Crippen LogP contribution >= 0.6 is 0 Å². The molecular weight excluding hydrogens is 286 g/mol. The number of sulfone groups is 1. The van der Waals surface area contributed by atoms with E-state index in [-0.39, 0.29) is 11.2 Å². The molecular formula is C15H21N3O2S. The number of hydrogen-bond donors (Lipinski definition) is 0. The van der Waals surface area contributed by atoms with Crippen molar-refractivity contribution in [1.82, 2.24) is 15.0 Å². The zero-order valence-electron chi connectivity index (χ0n) is 12.9. The Morgan fingerprint density at radius 1 is 1.24 bits per heavy atom. The first-order valence-corrected chi connectivity index (χ1v) is 8.91. The molecule has 1 aromatic carbocycles. The fraction of sp³-hybridized carbons (Fsp3) is 0.467. The molecule has 0 unspecified atom stereocenters. The van der Waals surface area contributed by atoms with E-state index in [0.717, 1.165) is 5.69 Å². The standard InChI is InChI=1S/C15H21N3O2S/c1-15(2,3)12-6-5-7-14(10-12)18-11-13(16-17-18)8-9-21(4,19)20/h5-7,10-11H,8-9H2,1-4H3. The topological polar surface area (TPSA) is 64.8 Å². The van der Waals surface area contributed by atoms with Crippen LogP contribution in [0.2, 0.25) is 0 Å². The number of rotatable bonds is 4. The molecule has 0 saturated heterocycles. The Morgan fingerprint density at radius 2 is 1.95 bits per heavy atom. The minimum absolute atomic E-state index is 0.0652. The summed E-state index contributed by atoms with van der Waals surface area (Å²) in [7, 11) is -2.98. The van der Waals surface area contributed by atoms with Gasteiger partial charge in [0, 0.05) is 12.7 Å². The van der Waals surface area contributed by atoms with Crippen LogP contribution in [-0.2, 0) is 21.7 Å².